The third kappa shape index (κ3) is 6.01. The van der Waals surface area contributed by atoms with E-state index in [9.17, 15) is 9.59 Å². The number of allylic oxidation sites excluding steroid dienone is 1. The van der Waals surface area contributed by atoms with Crippen LogP contribution in [-0.4, -0.2) is 45.8 Å². The third-order valence-electron chi connectivity index (χ3n) is 10.5. The molecule has 7 atom stereocenters. The number of esters is 1. The molecule has 0 aliphatic heterocycles. The highest BCUT2D eigenvalue weighted by Crippen LogP contribution is 2.71. The Bertz CT molecular complexity index is 1050. The second kappa shape index (κ2) is 13.9. The second-order valence-electron chi connectivity index (χ2n) is 13.0. The Morgan fingerprint density at radius 2 is 1.80 bits per heavy atom. The van der Waals surface area contributed by atoms with E-state index in [0.717, 1.165) is 75.0 Å². The maximum atomic E-state index is 14.4. The van der Waals surface area contributed by atoms with Crippen molar-refractivity contribution in [1.82, 2.24) is 0 Å². The largest absolute Gasteiger partial charge is 0.497 e. The van der Waals surface area contributed by atoms with Crippen molar-refractivity contribution in [2.45, 2.75) is 91.8 Å². The number of unbranched alkanes of at least 4 members (excludes halogenated alkanes) is 2. The Balaban J connectivity index is 1.60. The van der Waals surface area contributed by atoms with E-state index in [-0.39, 0.29) is 36.4 Å². The normalized spacial score (nSPS) is 32.4. The highest BCUT2D eigenvalue weighted by molar-refractivity contribution is 5.89. The minimum Gasteiger partial charge on any atom is -0.497 e. The first-order valence-corrected chi connectivity index (χ1v) is 15.9. The minimum atomic E-state index is -0.922. The number of rotatable bonds is 16. The lowest BCUT2D eigenvalue weighted by atomic mass is 9.52. The van der Waals surface area contributed by atoms with Gasteiger partial charge in [0.15, 0.2) is 0 Å². The summed E-state index contributed by atoms with van der Waals surface area (Å²) in [6.07, 6.45) is 11.1. The van der Waals surface area contributed by atoms with Gasteiger partial charge in [0.05, 0.1) is 13.2 Å². The molecule has 228 valence electrons. The zero-order valence-corrected chi connectivity index (χ0v) is 26.2. The summed E-state index contributed by atoms with van der Waals surface area (Å²) in [6, 6.07) is 7.60. The zero-order chi connectivity index (χ0) is 29.6. The quantitative estimate of drug-likeness (QED) is 0.0910. The van der Waals surface area contributed by atoms with E-state index in [1.165, 1.54) is 6.29 Å². The van der Waals surface area contributed by atoms with Crippen molar-refractivity contribution < 1.29 is 28.5 Å². The topological polar surface area (TPSA) is 71.1 Å². The minimum absolute atomic E-state index is 0.0712. The predicted octanol–water partition coefficient (Wildman–Crippen LogP) is 7.19. The number of carbonyl (C=O) groups is 2. The van der Waals surface area contributed by atoms with E-state index in [1.807, 2.05) is 24.3 Å². The van der Waals surface area contributed by atoms with E-state index >= 15 is 0 Å². The van der Waals surface area contributed by atoms with Gasteiger partial charge in [0.2, 0.25) is 0 Å². The van der Waals surface area contributed by atoms with Crippen LogP contribution in [0, 0.1) is 40.4 Å². The summed E-state index contributed by atoms with van der Waals surface area (Å²) >= 11 is 0. The van der Waals surface area contributed by atoms with Crippen LogP contribution in [0.1, 0.15) is 84.6 Å². The molecule has 0 spiro atoms. The summed E-state index contributed by atoms with van der Waals surface area (Å²) in [5.74, 6) is 1.60. The molecule has 2 bridgehead atoms. The van der Waals surface area contributed by atoms with Gasteiger partial charge in [0, 0.05) is 25.7 Å². The van der Waals surface area contributed by atoms with Crippen LogP contribution in [0.4, 0.5) is 0 Å². The van der Waals surface area contributed by atoms with Crippen LogP contribution >= 0.6 is 0 Å². The van der Waals surface area contributed by atoms with Gasteiger partial charge < -0.3 is 23.7 Å². The van der Waals surface area contributed by atoms with E-state index in [2.05, 4.69) is 33.8 Å². The summed E-state index contributed by atoms with van der Waals surface area (Å²) in [5, 5.41) is 0. The molecule has 2 saturated carbocycles. The average Bonchev–Trinajstić information content (AvgIpc) is 3.64. The summed E-state index contributed by atoms with van der Waals surface area (Å²) in [4.78, 5) is 27.9. The van der Waals surface area contributed by atoms with Gasteiger partial charge in [-0.2, -0.15) is 0 Å². The fourth-order valence-corrected chi connectivity index (χ4v) is 8.52. The molecule has 7 unspecified atom stereocenters. The van der Waals surface area contributed by atoms with Gasteiger partial charge in [-0.15, -0.1) is 0 Å². The number of hydrogen-bond donors (Lipinski definition) is 0. The first-order valence-electron chi connectivity index (χ1n) is 15.9. The average molecular weight is 569 g/mol. The number of carbonyl (C=O) groups excluding carboxylic acids is 2. The molecule has 1 aromatic rings. The molecule has 0 heterocycles. The Morgan fingerprint density at radius 1 is 1.07 bits per heavy atom. The fourth-order valence-electron chi connectivity index (χ4n) is 8.52. The van der Waals surface area contributed by atoms with Crippen LogP contribution in [0.5, 0.6) is 5.75 Å². The highest BCUT2D eigenvalue weighted by Gasteiger charge is 2.72. The number of hydrogen-bond acceptors (Lipinski definition) is 6. The molecular weight excluding hydrogens is 516 g/mol. The summed E-state index contributed by atoms with van der Waals surface area (Å²) in [6.45, 7) is 10.5. The van der Waals surface area contributed by atoms with Crippen LogP contribution in [0.2, 0.25) is 0 Å². The SMILES string of the molecule is CCCCOCCCCC1C(C)C(OC)CC1C1(C=O)CC2C=C(C(C)C)C1(C(=O)OCc1ccc(OC)cc1)C2. The molecular formula is C35H52O6. The molecule has 3 aliphatic carbocycles. The smallest absolute Gasteiger partial charge is 0.317 e. The predicted molar refractivity (Wildman–Crippen MR) is 161 cm³/mol. The van der Waals surface area contributed by atoms with Gasteiger partial charge in [-0.05, 0) is 85.8 Å². The van der Waals surface area contributed by atoms with Gasteiger partial charge in [-0.25, -0.2) is 0 Å². The van der Waals surface area contributed by atoms with Gasteiger partial charge in [0.25, 0.3) is 0 Å². The van der Waals surface area contributed by atoms with Crippen molar-refractivity contribution in [2.75, 3.05) is 27.4 Å². The van der Waals surface area contributed by atoms with Crippen LogP contribution in [-0.2, 0) is 30.4 Å². The summed E-state index contributed by atoms with van der Waals surface area (Å²) in [7, 11) is 3.42. The zero-order valence-electron chi connectivity index (χ0n) is 26.2. The number of aldehydes is 1. The van der Waals surface area contributed by atoms with E-state index in [4.69, 9.17) is 18.9 Å². The Kier molecular flexibility index (Phi) is 10.7. The Labute approximate surface area is 247 Å². The van der Waals surface area contributed by atoms with E-state index in [1.54, 1.807) is 14.2 Å². The maximum Gasteiger partial charge on any atom is 0.317 e. The fraction of sp³-hybridized carbons (Fsp3) is 0.714. The molecule has 0 aromatic heterocycles. The third-order valence-corrected chi connectivity index (χ3v) is 10.5. The molecule has 0 N–H and O–H groups in total. The monoisotopic (exact) mass is 568 g/mol. The van der Waals surface area contributed by atoms with Gasteiger partial charge in [0.1, 0.15) is 24.1 Å². The van der Waals surface area contributed by atoms with Crippen molar-refractivity contribution in [3.8, 4) is 5.75 Å². The number of ether oxygens (including phenoxy) is 4. The van der Waals surface area contributed by atoms with Crippen molar-refractivity contribution in [3.63, 3.8) is 0 Å². The summed E-state index contributed by atoms with van der Waals surface area (Å²) < 4.78 is 23.2. The van der Waals surface area contributed by atoms with E-state index < -0.39 is 10.8 Å². The first-order chi connectivity index (χ1) is 19.8. The highest BCUT2D eigenvalue weighted by atomic mass is 16.5. The Hall–Kier alpha value is -2.18. The van der Waals surface area contributed by atoms with Crippen molar-refractivity contribution >= 4 is 12.3 Å². The number of benzene rings is 1. The molecule has 2 fully saturated rings. The van der Waals surface area contributed by atoms with Gasteiger partial charge in [-0.1, -0.05) is 64.3 Å². The van der Waals surface area contributed by atoms with Crippen molar-refractivity contribution in [3.05, 3.63) is 41.5 Å². The first kappa shape index (κ1) is 31.7. The molecule has 6 heteroatoms. The lowest BCUT2D eigenvalue weighted by Crippen LogP contribution is -2.53. The molecule has 1 aromatic carbocycles. The lowest BCUT2D eigenvalue weighted by Gasteiger charge is -2.49. The van der Waals surface area contributed by atoms with Crippen LogP contribution in [0.3, 0.4) is 0 Å². The standard InChI is InChI=1S/C35H52O6/c1-7-8-16-40-17-10-9-11-29-25(4)32(39-6)19-31(29)34(23-36)20-27-18-30(24(2)3)35(34,21-27)33(37)41-22-26-12-14-28(38-5)15-13-26/h12-15,18,23-25,27,29,31-32H,7-11,16-17,19-22H2,1-6H3. The number of fused-ring (bicyclic) bond motifs is 2. The molecule has 0 saturated heterocycles. The molecule has 6 nitrogen and oxygen atoms in total. The lowest BCUT2D eigenvalue weighted by molar-refractivity contribution is -0.167. The molecule has 41 heavy (non-hydrogen) atoms. The van der Waals surface area contributed by atoms with Crippen molar-refractivity contribution in [2.24, 2.45) is 40.4 Å². The summed E-state index contributed by atoms with van der Waals surface area (Å²) in [5.41, 5.74) is 0.293. The van der Waals surface area contributed by atoms with Crippen LogP contribution < -0.4 is 4.74 Å². The van der Waals surface area contributed by atoms with Gasteiger partial charge in [-0.3, -0.25) is 4.79 Å². The molecule has 0 amide bonds. The number of methoxy groups -OCH3 is 2. The molecule has 3 aliphatic rings. The van der Waals surface area contributed by atoms with Crippen molar-refractivity contribution in [1.29, 1.82) is 0 Å². The second-order valence-corrected chi connectivity index (χ2v) is 13.0. The maximum absolute atomic E-state index is 14.4. The molecule has 4 rings (SSSR count). The Morgan fingerprint density at radius 3 is 2.44 bits per heavy atom. The van der Waals surface area contributed by atoms with Crippen LogP contribution in [0.15, 0.2) is 35.9 Å². The van der Waals surface area contributed by atoms with Crippen LogP contribution in [0.25, 0.3) is 0 Å². The van der Waals surface area contributed by atoms with Gasteiger partial charge >= 0.3 is 5.97 Å². The molecule has 0 radical (unpaired) electrons. The van der Waals surface area contributed by atoms with E-state index in [0.29, 0.717) is 18.3 Å².